The fourth-order valence-electron chi connectivity index (χ4n) is 1.96. The highest BCUT2D eigenvalue weighted by atomic mass is 35.5. The summed E-state index contributed by atoms with van der Waals surface area (Å²) in [5.41, 5.74) is 3.42. The van der Waals surface area contributed by atoms with Gasteiger partial charge in [-0.3, -0.25) is 9.48 Å². The quantitative estimate of drug-likeness (QED) is 0.797. The molecule has 94 valence electrons. The number of carbonyl (C=O) groups excluding carboxylic acids is 1. The minimum atomic E-state index is 0.0664. The van der Waals surface area contributed by atoms with Crippen LogP contribution >= 0.6 is 11.6 Å². The van der Waals surface area contributed by atoms with E-state index in [9.17, 15) is 4.79 Å². The Hall–Kier alpha value is -1.61. The minimum absolute atomic E-state index is 0.0664. The van der Waals surface area contributed by atoms with E-state index in [1.807, 2.05) is 38.1 Å². The van der Waals surface area contributed by atoms with Crippen LogP contribution in [0.2, 0.25) is 5.15 Å². The molecule has 0 saturated carbocycles. The van der Waals surface area contributed by atoms with E-state index in [1.165, 1.54) is 0 Å². The van der Waals surface area contributed by atoms with Crippen molar-refractivity contribution in [2.75, 3.05) is 0 Å². The van der Waals surface area contributed by atoms with Gasteiger partial charge in [0.15, 0.2) is 5.78 Å². The standard InChI is InChI=1S/C14H15ClN2O/c1-9-5-4-6-11(7-9)13(18)8-12-10(2)16-17(3)14(12)15/h4-7H,8H2,1-3H3. The Balaban J connectivity index is 2.27. The molecule has 0 atom stereocenters. The first-order valence-electron chi connectivity index (χ1n) is 5.77. The molecule has 4 heteroatoms. The van der Waals surface area contributed by atoms with Crippen molar-refractivity contribution in [1.82, 2.24) is 9.78 Å². The van der Waals surface area contributed by atoms with Crippen LogP contribution in [0.25, 0.3) is 0 Å². The average Bonchev–Trinajstić information content (AvgIpc) is 2.56. The number of benzene rings is 1. The third-order valence-corrected chi connectivity index (χ3v) is 3.42. The molecule has 0 fully saturated rings. The highest BCUT2D eigenvalue weighted by Crippen LogP contribution is 2.20. The number of nitrogens with zero attached hydrogens (tertiary/aromatic N) is 2. The molecule has 2 aromatic rings. The number of aromatic nitrogens is 2. The molecule has 0 bridgehead atoms. The van der Waals surface area contributed by atoms with Crippen LogP contribution < -0.4 is 0 Å². The average molecular weight is 263 g/mol. The topological polar surface area (TPSA) is 34.9 Å². The van der Waals surface area contributed by atoms with Crippen molar-refractivity contribution in [3.05, 3.63) is 51.8 Å². The molecule has 1 aromatic carbocycles. The number of hydrogen-bond donors (Lipinski definition) is 0. The monoisotopic (exact) mass is 262 g/mol. The molecule has 0 saturated heterocycles. The maximum Gasteiger partial charge on any atom is 0.167 e. The number of rotatable bonds is 3. The zero-order chi connectivity index (χ0) is 13.3. The number of Topliss-reactive ketones (excluding diaryl/α,β-unsaturated/α-hetero) is 1. The van der Waals surface area contributed by atoms with Gasteiger partial charge in [0.2, 0.25) is 0 Å². The molecule has 0 aliphatic heterocycles. The zero-order valence-electron chi connectivity index (χ0n) is 10.7. The van der Waals surface area contributed by atoms with E-state index in [1.54, 1.807) is 11.7 Å². The third kappa shape index (κ3) is 2.46. The Labute approximate surface area is 111 Å². The summed E-state index contributed by atoms with van der Waals surface area (Å²) in [5, 5.41) is 4.74. The van der Waals surface area contributed by atoms with Crippen LogP contribution in [0.3, 0.4) is 0 Å². The van der Waals surface area contributed by atoms with E-state index in [4.69, 9.17) is 11.6 Å². The lowest BCUT2D eigenvalue weighted by atomic mass is 10.0. The van der Waals surface area contributed by atoms with E-state index < -0.39 is 0 Å². The Morgan fingerprint density at radius 3 is 2.67 bits per heavy atom. The Bertz CT molecular complexity index is 602. The first kappa shape index (κ1) is 12.8. The summed E-state index contributed by atoms with van der Waals surface area (Å²) >= 11 is 6.13. The number of carbonyl (C=O) groups is 1. The minimum Gasteiger partial charge on any atom is -0.294 e. The summed E-state index contributed by atoms with van der Waals surface area (Å²) in [6.45, 7) is 3.84. The SMILES string of the molecule is Cc1cccc(C(=O)Cc2c(C)nn(C)c2Cl)c1. The summed E-state index contributed by atoms with van der Waals surface area (Å²) in [6.07, 6.45) is 0.294. The van der Waals surface area contributed by atoms with Crippen LogP contribution in [-0.2, 0) is 13.5 Å². The van der Waals surface area contributed by atoms with Crippen LogP contribution in [0.5, 0.6) is 0 Å². The Morgan fingerprint density at radius 1 is 1.39 bits per heavy atom. The summed E-state index contributed by atoms with van der Waals surface area (Å²) in [4.78, 5) is 12.2. The van der Waals surface area contributed by atoms with E-state index in [0.29, 0.717) is 17.1 Å². The second kappa shape index (κ2) is 4.94. The predicted octanol–water partition coefficient (Wildman–Crippen LogP) is 3.12. The van der Waals surface area contributed by atoms with Crippen molar-refractivity contribution >= 4 is 17.4 Å². The van der Waals surface area contributed by atoms with Crippen LogP contribution in [0, 0.1) is 13.8 Å². The van der Waals surface area contributed by atoms with Gasteiger partial charge < -0.3 is 0 Å². The molecule has 0 N–H and O–H groups in total. The van der Waals surface area contributed by atoms with Gasteiger partial charge in [0.05, 0.1) is 5.69 Å². The molecule has 1 heterocycles. The lowest BCUT2D eigenvalue weighted by molar-refractivity contribution is 0.0992. The largest absolute Gasteiger partial charge is 0.294 e. The highest BCUT2D eigenvalue weighted by molar-refractivity contribution is 6.30. The number of aryl methyl sites for hydroxylation is 3. The van der Waals surface area contributed by atoms with Gasteiger partial charge in [0.1, 0.15) is 5.15 Å². The van der Waals surface area contributed by atoms with Gasteiger partial charge >= 0.3 is 0 Å². The highest BCUT2D eigenvalue weighted by Gasteiger charge is 2.16. The third-order valence-electron chi connectivity index (χ3n) is 2.95. The molecular formula is C14H15ClN2O. The van der Waals surface area contributed by atoms with Crippen molar-refractivity contribution in [1.29, 1.82) is 0 Å². The van der Waals surface area contributed by atoms with Gasteiger partial charge in [-0.05, 0) is 19.9 Å². The summed E-state index contributed by atoms with van der Waals surface area (Å²) in [7, 11) is 1.77. The molecule has 0 unspecified atom stereocenters. The van der Waals surface area contributed by atoms with Gasteiger partial charge in [0, 0.05) is 24.6 Å². The molecule has 3 nitrogen and oxygen atoms in total. The van der Waals surface area contributed by atoms with Gasteiger partial charge in [-0.1, -0.05) is 35.4 Å². The second-order valence-electron chi connectivity index (χ2n) is 4.45. The van der Waals surface area contributed by atoms with Crippen molar-refractivity contribution in [3.63, 3.8) is 0 Å². The Morgan fingerprint density at radius 2 is 2.11 bits per heavy atom. The first-order chi connectivity index (χ1) is 8.49. The van der Waals surface area contributed by atoms with Crippen molar-refractivity contribution in [2.24, 2.45) is 7.05 Å². The number of halogens is 1. The summed E-state index contributed by atoms with van der Waals surface area (Å²) in [6, 6.07) is 7.58. The molecule has 1 aromatic heterocycles. The lowest BCUT2D eigenvalue weighted by Crippen LogP contribution is -2.04. The smallest absolute Gasteiger partial charge is 0.167 e. The molecule has 18 heavy (non-hydrogen) atoms. The van der Waals surface area contributed by atoms with Crippen molar-refractivity contribution in [2.45, 2.75) is 20.3 Å². The van der Waals surface area contributed by atoms with Gasteiger partial charge in [-0.25, -0.2) is 0 Å². The molecule has 2 rings (SSSR count). The van der Waals surface area contributed by atoms with Gasteiger partial charge in [0.25, 0.3) is 0 Å². The van der Waals surface area contributed by atoms with E-state index >= 15 is 0 Å². The van der Waals surface area contributed by atoms with Crippen molar-refractivity contribution in [3.8, 4) is 0 Å². The fraction of sp³-hybridized carbons (Fsp3) is 0.286. The molecule has 0 amide bonds. The lowest BCUT2D eigenvalue weighted by Gasteiger charge is -2.02. The molecule has 0 aliphatic carbocycles. The second-order valence-corrected chi connectivity index (χ2v) is 4.81. The van der Waals surface area contributed by atoms with Crippen LogP contribution in [0.15, 0.2) is 24.3 Å². The zero-order valence-corrected chi connectivity index (χ0v) is 11.5. The van der Waals surface area contributed by atoms with Crippen molar-refractivity contribution < 1.29 is 4.79 Å². The van der Waals surface area contributed by atoms with Gasteiger partial charge in [-0.2, -0.15) is 5.10 Å². The fourth-order valence-corrected chi connectivity index (χ4v) is 2.20. The maximum atomic E-state index is 12.2. The van der Waals surface area contributed by atoms with Crippen LogP contribution in [0.4, 0.5) is 0 Å². The summed E-state index contributed by atoms with van der Waals surface area (Å²) < 4.78 is 1.59. The van der Waals surface area contributed by atoms with Gasteiger partial charge in [-0.15, -0.1) is 0 Å². The maximum absolute atomic E-state index is 12.2. The normalized spacial score (nSPS) is 10.7. The van der Waals surface area contributed by atoms with E-state index in [-0.39, 0.29) is 5.78 Å². The van der Waals surface area contributed by atoms with E-state index in [2.05, 4.69) is 5.10 Å². The molecule has 0 aliphatic rings. The molecule has 0 radical (unpaired) electrons. The van der Waals surface area contributed by atoms with Crippen LogP contribution in [0.1, 0.15) is 27.2 Å². The molecular weight excluding hydrogens is 248 g/mol. The number of ketones is 1. The summed E-state index contributed by atoms with van der Waals surface area (Å²) in [5.74, 6) is 0.0664. The van der Waals surface area contributed by atoms with Crippen LogP contribution in [-0.4, -0.2) is 15.6 Å². The predicted molar refractivity (Wildman–Crippen MR) is 72.2 cm³/mol. The van der Waals surface area contributed by atoms with E-state index in [0.717, 1.165) is 16.8 Å². The number of hydrogen-bond acceptors (Lipinski definition) is 2. The first-order valence-corrected chi connectivity index (χ1v) is 6.14. The molecule has 0 spiro atoms. The Kier molecular flexibility index (Phi) is 3.53.